The van der Waals surface area contributed by atoms with Gasteiger partial charge in [-0.25, -0.2) is 0 Å². The maximum Gasteiger partial charge on any atom is 0.433 e. The van der Waals surface area contributed by atoms with Crippen molar-refractivity contribution in [3.63, 3.8) is 0 Å². The summed E-state index contributed by atoms with van der Waals surface area (Å²) in [5, 5.41) is 11.3. The van der Waals surface area contributed by atoms with E-state index in [0.29, 0.717) is 17.0 Å². The number of nitrogens with one attached hydrogen (secondary N) is 1. The molecule has 7 nitrogen and oxygen atoms in total. The van der Waals surface area contributed by atoms with Gasteiger partial charge in [0.25, 0.3) is 5.91 Å². The highest BCUT2D eigenvalue weighted by Crippen LogP contribution is 2.30. The van der Waals surface area contributed by atoms with Crippen LogP contribution in [-0.4, -0.2) is 27.5 Å². The van der Waals surface area contributed by atoms with Crippen molar-refractivity contribution in [2.45, 2.75) is 19.6 Å². The van der Waals surface area contributed by atoms with Crippen LogP contribution in [0.1, 0.15) is 33.0 Å². The predicted octanol–water partition coefficient (Wildman–Crippen LogP) is 2.91. The number of carbonyl (C=O) groups excluding carboxylic acids is 1. The quantitative estimate of drug-likeness (QED) is 0.690. The zero-order valence-corrected chi connectivity index (χ0v) is 16.5. The molecule has 3 aromatic heterocycles. The number of amides is 1. The lowest BCUT2D eigenvalue weighted by molar-refractivity contribution is -0.141. The van der Waals surface area contributed by atoms with E-state index in [-0.39, 0.29) is 23.2 Å². The average Bonchev–Trinajstić information content (AvgIpc) is 2.75. The third-order valence-corrected chi connectivity index (χ3v) is 4.65. The summed E-state index contributed by atoms with van der Waals surface area (Å²) in [7, 11) is 1.35. The summed E-state index contributed by atoms with van der Waals surface area (Å²) in [6.07, 6.45) is -0.998. The number of hydrogen-bond donors (Lipinski definition) is 1. The maximum absolute atomic E-state index is 13.1. The Morgan fingerprint density at radius 1 is 1.26 bits per heavy atom. The van der Waals surface area contributed by atoms with Gasteiger partial charge in [0.2, 0.25) is 5.43 Å². The Morgan fingerprint density at radius 3 is 2.58 bits per heavy atom. The number of halogens is 3. The minimum absolute atomic E-state index is 0.00267. The van der Waals surface area contributed by atoms with E-state index in [0.717, 1.165) is 12.3 Å². The van der Waals surface area contributed by atoms with Crippen LogP contribution in [0.3, 0.4) is 0 Å². The van der Waals surface area contributed by atoms with E-state index in [1.165, 1.54) is 25.5 Å². The second-order valence-corrected chi connectivity index (χ2v) is 6.62. The number of rotatable bonds is 4. The van der Waals surface area contributed by atoms with Crippen molar-refractivity contribution in [1.82, 2.24) is 19.9 Å². The Bertz CT molecular complexity index is 1240. The van der Waals surface area contributed by atoms with Crippen molar-refractivity contribution >= 4 is 5.91 Å². The highest BCUT2D eigenvalue weighted by atomic mass is 19.4. The molecule has 0 aliphatic rings. The summed E-state index contributed by atoms with van der Waals surface area (Å²) in [6.45, 7) is 1.70. The monoisotopic (exact) mass is 427 g/mol. The summed E-state index contributed by atoms with van der Waals surface area (Å²) < 4.78 is 41.0. The first-order chi connectivity index (χ1) is 14.7. The maximum atomic E-state index is 13.1. The van der Waals surface area contributed by atoms with Crippen LogP contribution in [0.4, 0.5) is 13.2 Å². The van der Waals surface area contributed by atoms with Crippen molar-refractivity contribution in [3.8, 4) is 17.2 Å². The molecule has 0 saturated heterocycles. The van der Waals surface area contributed by atoms with Gasteiger partial charge in [-0.1, -0.05) is 0 Å². The second-order valence-electron chi connectivity index (χ2n) is 6.62. The molecule has 158 valence electrons. The molecule has 3 heterocycles. The third-order valence-electron chi connectivity index (χ3n) is 4.65. The van der Waals surface area contributed by atoms with Crippen LogP contribution in [0.5, 0.6) is 0 Å². The van der Waals surface area contributed by atoms with Gasteiger partial charge in [-0.3, -0.25) is 19.6 Å². The summed E-state index contributed by atoms with van der Waals surface area (Å²) in [5.41, 5.74) is -0.853. The molecule has 1 amide bonds. The third kappa shape index (κ3) is 4.45. The average molecular weight is 427 g/mol. The Labute approximate surface area is 174 Å². The van der Waals surface area contributed by atoms with E-state index in [1.807, 2.05) is 6.07 Å². The van der Waals surface area contributed by atoms with Crippen molar-refractivity contribution < 1.29 is 18.0 Å². The molecule has 1 N–H and O–H groups in total. The Kier molecular flexibility index (Phi) is 5.88. The lowest BCUT2D eigenvalue weighted by Crippen LogP contribution is -2.29. The molecule has 0 radical (unpaired) electrons. The van der Waals surface area contributed by atoms with E-state index < -0.39 is 23.2 Å². The van der Waals surface area contributed by atoms with Crippen LogP contribution >= 0.6 is 0 Å². The van der Waals surface area contributed by atoms with Gasteiger partial charge in [-0.15, -0.1) is 0 Å². The Morgan fingerprint density at radius 2 is 2.00 bits per heavy atom. The molecule has 3 rings (SSSR count). The smallest absolute Gasteiger partial charge is 0.355 e. The van der Waals surface area contributed by atoms with Crippen molar-refractivity contribution in [2.24, 2.45) is 0 Å². The van der Waals surface area contributed by atoms with Gasteiger partial charge in [0.1, 0.15) is 17.3 Å². The zero-order chi connectivity index (χ0) is 22.8. The normalized spacial score (nSPS) is 11.1. The predicted molar refractivity (Wildman–Crippen MR) is 105 cm³/mol. The molecule has 0 aliphatic carbocycles. The van der Waals surface area contributed by atoms with Gasteiger partial charge in [-0.2, -0.15) is 18.4 Å². The molecule has 0 aliphatic heterocycles. The second kappa shape index (κ2) is 8.39. The molecule has 0 bridgehead atoms. The lowest BCUT2D eigenvalue weighted by atomic mass is 10.0. The van der Waals surface area contributed by atoms with E-state index in [1.54, 1.807) is 23.6 Å². The van der Waals surface area contributed by atoms with E-state index in [9.17, 15) is 22.8 Å². The van der Waals surface area contributed by atoms with Crippen molar-refractivity contribution in [3.05, 3.63) is 81.3 Å². The van der Waals surface area contributed by atoms with Gasteiger partial charge in [0, 0.05) is 36.9 Å². The number of carbonyl (C=O) groups is 1. The molecule has 3 aromatic rings. The van der Waals surface area contributed by atoms with E-state index >= 15 is 0 Å². The van der Waals surface area contributed by atoms with Gasteiger partial charge in [0.05, 0.1) is 17.8 Å². The molecule has 0 unspecified atom stereocenters. The van der Waals surface area contributed by atoms with Crippen LogP contribution < -0.4 is 10.7 Å². The minimum Gasteiger partial charge on any atom is -0.355 e. The minimum atomic E-state index is -4.69. The first-order valence-electron chi connectivity index (χ1n) is 9.00. The summed E-state index contributed by atoms with van der Waals surface area (Å²) >= 11 is 0. The van der Waals surface area contributed by atoms with Crippen LogP contribution in [0, 0.1) is 18.3 Å². The van der Waals surface area contributed by atoms with Crippen LogP contribution in [0.2, 0.25) is 0 Å². The Hall–Kier alpha value is -4.00. The summed E-state index contributed by atoms with van der Waals surface area (Å²) in [6, 6.07) is 7.21. The molecular weight excluding hydrogens is 411 g/mol. The number of aromatic nitrogens is 3. The van der Waals surface area contributed by atoms with Gasteiger partial charge < -0.3 is 9.88 Å². The number of nitrogens with zero attached hydrogens (tertiary/aromatic N) is 4. The molecular formula is C21H16F3N5O2. The zero-order valence-electron chi connectivity index (χ0n) is 16.5. The van der Waals surface area contributed by atoms with Crippen LogP contribution in [0.25, 0.3) is 11.1 Å². The highest BCUT2D eigenvalue weighted by molar-refractivity contribution is 5.95. The molecule has 31 heavy (non-hydrogen) atoms. The van der Waals surface area contributed by atoms with Crippen LogP contribution in [0.15, 0.2) is 47.7 Å². The SMILES string of the molecule is CNC(=O)c1cn(Cc2ccc(C#N)cn2)c(C)c(-c2ccnc(C(F)(F)F)c2)c1=O. The summed E-state index contributed by atoms with van der Waals surface area (Å²) in [4.78, 5) is 32.8. The lowest BCUT2D eigenvalue weighted by Gasteiger charge is -2.17. The van der Waals surface area contributed by atoms with Gasteiger partial charge in [0.15, 0.2) is 0 Å². The molecule has 0 spiro atoms. The topological polar surface area (TPSA) is 101 Å². The number of nitriles is 1. The van der Waals surface area contributed by atoms with Crippen molar-refractivity contribution in [1.29, 1.82) is 5.26 Å². The summed E-state index contributed by atoms with van der Waals surface area (Å²) in [5.74, 6) is -0.669. The number of hydrogen-bond acceptors (Lipinski definition) is 5. The van der Waals surface area contributed by atoms with Crippen LogP contribution in [-0.2, 0) is 12.7 Å². The van der Waals surface area contributed by atoms with Gasteiger partial charge >= 0.3 is 6.18 Å². The largest absolute Gasteiger partial charge is 0.433 e. The number of pyridine rings is 3. The fraction of sp³-hybridized carbons (Fsp3) is 0.190. The first-order valence-corrected chi connectivity index (χ1v) is 9.00. The van der Waals surface area contributed by atoms with E-state index in [2.05, 4.69) is 15.3 Å². The molecule has 0 saturated carbocycles. The van der Waals surface area contributed by atoms with E-state index in [4.69, 9.17) is 5.26 Å². The molecule has 10 heteroatoms. The fourth-order valence-electron chi connectivity index (χ4n) is 3.05. The molecule has 0 fully saturated rings. The standard InChI is InChI=1S/C21H16F3N5O2/c1-12-18(14-5-6-27-17(7-14)21(22,23)24)19(30)16(20(31)26-2)11-29(12)10-15-4-3-13(8-25)9-28-15/h3-7,9,11H,10H2,1-2H3,(H,26,31). The highest BCUT2D eigenvalue weighted by Gasteiger charge is 2.33. The fourth-order valence-corrected chi connectivity index (χ4v) is 3.05. The Balaban J connectivity index is 2.21. The first kappa shape index (κ1) is 21.7. The van der Waals surface area contributed by atoms with Gasteiger partial charge in [-0.05, 0) is 36.8 Å². The number of alkyl halides is 3. The molecule has 0 aromatic carbocycles. The van der Waals surface area contributed by atoms with Crippen molar-refractivity contribution in [2.75, 3.05) is 7.05 Å². The molecule has 0 atom stereocenters.